The molecule has 2 aromatic carbocycles. The van der Waals surface area contributed by atoms with E-state index in [9.17, 15) is 9.59 Å². The molecule has 1 heterocycles. The van der Waals surface area contributed by atoms with E-state index in [1.165, 1.54) is 5.56 Å². The molecule has 0 saturated carbocycles. The summed E-state index contributed by atoms with van der Waals surface area (Å²) in [6.45, 7) is 9.32. The van der Waals surface area contributed by atoms with Gasteiger partial charge in [-0.3, -0.25) is 9.59 Å². The smallest absolute Gasteiger partial charge is 0.165 e. The Morgan fingerprint density at radius 1 is 0.974 bits per heavy atom. The molecule has 3 aliphatic rings. The predicted molar refractivity (Wildman–Crippen MR) is 149 cm³/mol. The summed E-state index contributed by atoms with van der Waals surface area (Å²) in [5, 5.41) is 0. The molecule has 5 nitrogen and oxygen atoms in total. The highest BCUT2D eigenvalue weighted by molar-refractivity contribution is 6.06. The molecule has 0 N–H and O–H groups in total. The first-order valence-electron chi connectivity index (χ1n) is 13.8. The maximum atomic E-state index is 13.5. The lowest BCUT2D eigenvalue weighted by Crippen LogP contribution is -2.39. The summed E-state index contributed by atoms with van der Waals surface area (Å²) < 4.78 is 12.2. The summed E-state index contributed by atoms with van der Waals surface area (Å²) in [6.07, 6.45) is 6.93. The van der Waals surface area contributed by atoms with Gasteiger partial charge in [0.25, 0.3) is 0 Å². The van der Waals surface area contributed by atoms with Crippen LogP contribution in [0.2, 0.25) is 0 Å². The molecule has 2 aliphatic carbocycles. The molecule has 198 valence electrons. The van der Waals surface area contributed by atoms with Gasteiger partial charge in [-0.15, -0.1) is 6.58 Å². The van der Waals surface area contributed by atoms with Crippen molar-refractivity contribution in [2.75, 3.05) is 13.7 Å². The Morgan fingerprint density at radius 2 is 1.61 bits per heavy atom. The van der Waals surface area contributed by atoms with Gasteiger partial charge >= 0.3 is 0 Å². The van der Waals surface area contributed by atoms with Crippen LogP contribution in [0, 0.1) is 6.92 Å². The highest BCUT2D eigenvalue weighted by atomic mass is 16.5. The van der Waals surface area contributed by atoms with Crippen molar-refractivity contribution in [3.05, 3.63) is 93.8 Å². The minimum atomic E-state index is -0.369. The number of Topliss-reactive ketones (excluding diaryl/α,β-unsaturated/α-hetero) is 2. The first-order chi connectivity index (χ1) is 18.5. The Balaban J connectivity index is 1.63. The van der Waals surface area contributed by atoms with Crippen LogP contribution in [0.25, 0.3) is 0 Å². The topological polar surface area (TPSA) is 55.8 Å². The summed E-state index contributed by atoms with van der Waals surface area (Å²) in [6, 6.07) is 12.4. The third-order valence-corrected chi connectivity index (χ3v) is 7.98. The molecule has 1 aliphatic heterocycles. The van der Waals surface area contributed by atoms with Crippen LogP contribution in [0.4, 0.5) is 0 Å². The Bertz CT molecular complexity index is 1290. The van der Waals surface area contributed by atoms with E-state index in [1.807, 2.05) is 12.1 Å². The van der Waals surface area contributed by atoms with Crippen molar-refractivity contribution < 1.29 is 19.1 Å². The number of nitrogens with zero attached hydrogens (tertiary/aromatic N) is 1. The monoisotopic (exact) mass is 511 g/mol. The number of carbonyl (C=O) groups excluding carboxylic acids is 2. The van der Waals surface area contributed by atoms with Gasteiger partial charge in [-0.05, 0) is 63.1 Å². The molecule has 0 saturated heterocycles. The van der Waals surface area contributed by atoms with Crippen LogP contribution in [0.1, 0.15) is 73.6 Å². The summed E-state index contributed by atoms with van der Waals surface area (Å²) >= 11 is 0. The summed E-state index contributed by atoms with van der Waals surface area (Å²) in [4.78, 5) is 29.2. The molecular weight excluding hydrogens is 474 g/mol. The Morgan fingerprint density at radius 3 is 2.16 bits per heavy atom. The highest BCUT2D eigenvalue weighted by Gasteiger charge is 2.43. The van der Waals surface area contributed by atoms with Gasteiger partial charge in [-0.25, -0.2) is 0 Å². The fourth-order valence-electron chi connectivity index (χ4n) is 6.24. The van der Waals surface area contributed by atoms with Gasteiger partial charge in [0.2, 0.25) is 0 Å². The van der Waals surface area contributed by atoms with E-state index >= 15 is 0 Å². The number of hydrogen-bond donors (Lipinski definition) is 0. The van der Waals surface area contributed by atoms with Crippen molar-refractivity contribution in [1.82, 2.24) is 4.90 Å². The van der Waals surface area contributed by atoms with Crippen LogP contribution in [0.15, 0.2) is 71.6 Å². The fraction of sp³-hybridized carbons (Fsp3) is 0.394. The molecule has 0 atom stereocenters. The molecule has 0 bridgehead atoms. The molecule has 2 aromatic rings. The van der Waals surface area contributed by atoms with Crippen LogP contribution in [-0.2, 0) is 22.6 Å². The maximum Gasteiger partial charge on any atom is 0.165 e. The lowest BCUT2D eigenvalue weighted by atomic mass is 9.70. The van der Waals surface area contributed by atoms with Gasteiger partial charge < -0.3 is 14.4 Å². The standard InChI is InChI=1S/C33H37NO4/c1-5-9-23-18-24(19-29(37-4)33(23)38-20-22-16-14-21(3)15-17-22)30-31-25(10-7-12-27(31)35)34(6-2)26-11-8-13-28(36)32(26)30/h5,14-19,30H,1,6-13,20H2,2-4H3. The van der Waals surface area contributed by atoms with Crippen LogP contribution >= 0.6 is 0 Å². The van der Waals surface area contributed by atoms with Crippen LogP contribution in [0.3, 0.4) is 0 Å². The average molecular weight is 512 g/mol. The minimum Gasteiger partial charge on any atom is -0.493 e. The molecule has 0 radical (unpaired) electrons. The molecule has 5 rings (SSSR count). The minimum absolute atomic E-state index is 0.156. The second kappa shape index (κ2) is 11.0. The van der Waals surface area contributed by atoms with Crippen molar-refractivity contribution in [3.8, 4) is 11.5 Å². The lowest BCUT2D eigenvalue weighted by molar-refractivity contribution is -0.117. The van der Waals surface area contributed by atoms with E-state index < -0.39 is 0 Å². The number of allylic oxidation sites excluding steroid dienone is 5. The average Bonchev–Trinajstić information content (AvgIpc) is 2.92. The van der Waals surface area contributed by atoms with Gasteiger partial charge in [-0.1, -0.05) is 42.0 Å². The predicted octanol–water partition coefficient (Wildman–Crippen LogP) is 6.74. The number of ketones is 2. The Kier molecular flexibility index (Phi) is 7.55. The third-order valence-electron chi connectivity index (χ3n) is 7.98. The zero-order chi connectivity index (χ0) is 26.8. The number of benzene rings is 2. The van der Waals surface area contributed by atoms with E-state index in [2.05, 4.69) is 55.7 Å². The quantitative estimate of drug-likeness (QED) is 0.367. The molecule has 38 heavy (non-hydrogen) atoms. The second-order valence-electron chi connectivity index (χ2n) is 10.4. The molecule has 0 fully saturated rings. The largest absolute Gasteiger partial charge is 0.493 e. The second-order valence-corrected chi connectivity index (χ2v) is 10.4. The fourth-order valence-corrected chi connectivity index (χ4v) is 6.24. The van der Waals surface area contributed by atoms with E-state index in [0.29, 0.717) is 37.4 Å². The number of ether oxygens (including phenoxy) is 2. The summed E-state index contributed by atoms with van der Waals surface area (Å²) in [5.74, 6) is 1.23. The first kappa shape index (κ1) is 26.0. The Hall–Kier alpha value is -3.60. The van der Waals surface area contributed by atoms with E-state index in [4.69, 9.17) is 9.47 Å². The van der Waals surface area contributed by atoms with Crippen LogP contribution in [0.5, 0.6) is 11.5 Å². The van der Waals surface area contributed by atoms with Gasteiger partial charge in [0.1, 0.15) is 6.61 Å². The number of aryl methyl sites for hydroxylation is 1. The number of methoxy groups -OCH3 is 1. The number of hydrogen-bond acceptors (Lipinski definition) is 5. The summed E-state index contributed by atoms with van der Waals surface area (Å²) in [5.41, 5.74) is 7.94. The Labute approximate surface area is 225 Å². The molecule has 5 heteroatoms. The molecule has 0 amide bonds. The first-order valence-corrected chi connectivity index (χ1v) is 13.8. The molecular formula is C33H37NO4. The SMILES string of the molecule is C=CCc1cc(C2C3=C(CCCC3=O)N(CC)C3=C2C(=O)CCC3)cc(OC)c1OCc1ccc(C)cc1. The zero-order valence-corrected chi connectivity index (χ0v) is 22.8. The van der Waals surface area contributed by atoms with Crippen molar-refractivity contribution in [1.29, 1.82) is 0 Å². The van der Waals surface area contributed by atoms with E-state index in [0.717, 1.165) is 71.5 Å². The van der Waals surface area contributed by atoms with Crippen LogP contribution in [-0.4, -0.2) is 30.1 Å². The van der Waals surface area contributed by atoms with E-state index in [-0.39, 0.29) is 17.5 Å². The van der Waals surface area contributed by atoms with Gasteiger partial charge in [0.05, 0.1) is 7.11 Å². The van der Waals surface area contributed by atoms with Gasteiger partial charge in [-0.2, -0.15) is 0 Å². The van der Waals surface area contributed by atoms with Crippen molar-refractivity contribution in [2.24, 2.45) is 0 Å². The normalized spacial score (nSPS) is 17.9. The third kappa shape index (κ3) is 4.70. The van der Waals surface area contributed by atoms with Crippen molar-refractivity contribution in [3.63, 3.8) is 0 Å². The number of rotatable bonds is 8. The van der Waals surface area contributed by atoms with Crippen LogP contribution < -0.4 is 9.47 Å². The number of carbonyl (C=O) groups is 2. The van der Waals surface area contributed by atoms with Gasteiger partial charge in [0, 0.05) is 53.4 Å². The zero-order valence-electron chi connectivity index (χ0n) is 22.8. The lowest BCUT2D eigenvalue weighted by Gasteiger charge is -2.43. The van der Waals surface area contributed by atoms with Crippen molar-refractivity contribution >= 4 is 11.6 Å². The van der Waals surface area contributed by atoms with Gasteiger partial charge in [0.15, 0.2) is 23.1 Å². The maximum absolute atomic E-state index is 13.5. The van der Waals surface area contributed by atoms with E-state index in [1.54, 1.807) is 7.11 Å². The highest BCUT2D eigenvalue weighted by Crippen LogP contribution is 2.50. The molecule has 0 aromatic heterocycles. The molecule has 0 unspecified atom stereocenters. The molecule has 0 spiro atoms. The summed E-state index contributed by atoms with van der Waals surface area (Å²) in [7, 11) is 1.64. The van der Waals surface area contributed by atoms with Crippen molar-refractivity contribution in [2.45, 2.75) is 71.3 Å².